The zero-order chi connectivity index (χ0) is 21.0. The molecule has 0 saturated heterocycles. The van der Waals surface area contributed by atoms with Crippen LogP contribution in [0.3, 0.4) is 0 Å². The molecule has 1 aliphatic rings. The molecular weight excluding hydrogens is 380 g/mol. The first kappa shape index (κ1) is 19.1. The summed E-state index contributed by atoms with van der Waals surface area (Å²) < 4.78 is 5.34. The van der Waals surface area contributed by atoms with Crippen LogP contribution in [0.5, 0.6) is 5.75 Å². The van der Waals surface area contributed by atoms with E-state index in [1.54, 1.807) is 7.11 Å². The van der Waals surface area contributed by atoms with Crippen molar-refractivity contribution in [2.45, 2.75) is 12.5 Å². The highest BCUT2D eigenvalue weighted by atomic mass is 16.5. The topological polar surface area (TPSA) is 24.8 Å². The number of rotatable bonds is 5. The molecule has 4 aromatic carbocycles. The van der Waals surface area contributed by atoms with Gasteiger partial charge in [-0.1, -0.05) is 84.9 Å². The van der Waals surface area contributed by atoms with Crippen molar-refractivity contribution in [1.82, 2.24) is 0 Å². The largest absolute Gasteiger partial charge is 0.497 e. The lowest BCUT2D eigenvalue weighted by molar-refractivity contribution is 0.414. The van der Waals surface area contributed by atoms with Crippen LogP contribution in [-0.2, 0) is 0 Å². The van der Waals surface area contributed by atoms with Gasteiger partial charge in [0.2, 0.25) is 0 Å². The van der Waals surface area contributed by atoms with E-state index in [0.717, 1.165) is 29.1 Å². The molecule has 0 aromatic heterocycles. The second-order valence-corrected chi connectivity index (χ2v) is 7.66. The van der Waals surface area contributed by atoms with Crippen LogP contribution in [-0.4, -0.2) is 12.8 Å². The van der Waals surface area contributed by atoms with Crippen LogP contribution in [0.15, 0.2) is 114 Å². The average molecular weight is 405 g/mol. The van der Waals surface area contributed by atoms with Gasteiger partial charge in [-0.05, 0) is 46.5 Å². The predicted octanol–water partition coefficient (Wildman–Crippen LogP) is 6.72. The van der Waals surface area contributed by atoms with E-state index in [9.17, 15) is 0 Å². The Hall–Kier alpha value is -3.85. The first-order chi connectivity index (χ1) is 15.3. The maximum atomic E-state index is 5.34. The summed E-state index contributed by atoms with van der Waals surface area (Å²) in [5, 5.41) is 7.19. The van der Waals surface area contributed by atoms with Gasteiger partial charge in [-0.2, -0.15) is 5.10 Å². The molecule has 0 bridgehead atoms. The molecule has 1 atom stereocenters. The maximum absolute atomic E-state index is 5.34. The van der Waals surface area contributed by atoms with Crippen molar-refractivity contribution < 1.29 is 4.74 Å². The third kappa shape index (κ3) is 3.95. The zero-order valence-electron chi connectivity index (χ0n) is 17.5. The second kappa shape index (κ2) is 8.49. The smallest absolute Gasteiger partial charge is 0.118 e. The molecule has 0 N–H and O–H groups in total. The van der Waals surface area contributed by atoms with Crippen LogP contribution >= 0.6 is 0 Å². The fourth-order valence-corrected chi connectivity index (χ4v) is 4.07. The summed E-state index contributed by atoms with van der Waals surface area (Å²) in [4.78, 5) is 0. The molecule has 4 aromatic rings. The minimum atomic E-state index is 0.150. The van der Waals surface area contributed by atoms with Gasteiger partial charge in [-0.15, -0.1) is 0 Å². The third-order valence-electron chi connectivity index (χ3n) is 5.76. The lowest BCUT2D eigenvalue weighted by Crippen LogP contribution is -2.18. The van der Waals surface area contributed by atoms with Crippen LogP contribution in [0.25, 0.3) is 11.1 Å². The predicted molar refractivity (Wildman–Crippen MR) is 128 cm³/mol. The summed E-state index contributed by atoms with van der Waals surface area (Å²) in [5.41, 5.74) is 7.03. The Morgan fingerprint density at radius 2 is 1.26 bits per heavy atom. The Bertz CT molecular complexity index is 1170. The van der Waals surface area contributed by atoms with Crippen LogP contribution in [0, 0.1) is 0 Å². The number of hydrazone groups is 1. The molecule has 3 nitrogen and oxygen atoms in total. The van der Waals surface area contributed by atoms with Crippen molar-refractivity contribution in [2.24, 2.45) is 5.10 Å². The highest BCUT2D eigenvalue weighted by molar-refractivity contribution is 6.03. The zero-order valence-corrected chi connectivity index (χ0v) is 17.5. The number of anilines is 1. The van der Waals surface area contributed by atoms with E-state index >= 15 is 0 Å². The van der Waals surface area contributed by atoms with Crippen LogP contribution < -0.4 is 9.75 Å². The molecule has 0 radical (unpaired) electrons. The van der Waals surface area contributed by atoms with Gasteiger partial charge < -0.3 is 4.74 Å². The molecule has 0 saturated carbocycles. The lowest BCUT2D eigenvalue weighted by Gasteiger charge is -2.24. The Labute approximate surface area is 183 Å². The van der Waals surface area contributed by atoms with E-state index in [-0.39, 0.29) is 6.04 Å². The third-order valence-corrected chi connectivity index (χ3v) is 5.76. The summed E-state index contributed by atoms with van der Waals surface area (Å²) in [6.45, 7) is 0. The minimum absolute atomic E-state index is 0.150. The maximum Gasteiger partial charge on any atom is 0.118 e. The fraction of sp³-hybridized carbons (Fsp3) is 0.107. The Balaban J connectivity index is 1.47. The minimum Gasteiger partial charge on any atom is -0.497 e. The highest BCUT2D eigenvalue weighted by Gasteiger charge is 2.29. The number of ether oxygens (including phenoxy) is 1. The molecule has 0 aliphatic carbocycles. The monoisotopic (exact) mass is 404 g/mol. The number of hydrogen-bond donors (Lipinski definition) is 0. The normalized spacial score (nSPS) is 15.6. The summed E-state index contributed by atoms with van der Waals surface area (Å²) in [6, 6.07) is 38.0. The van der Waals surface area contributed by atoms with Crippen molar-refractivity contribution in [3.63, 3.8) is 0 Å². The van der Waals surface area contributed by atoms with E-state index in [1.165, 1.54) is 16.7 Å². The molecule has 152 valence electrons. The first-order valence-electron chi connectivity index (χ1n) is 10.5. The molecule has 5 rings (SSSR count). The molecule has 1 heterocycles. The fourth-order valence-electron chi connectivity index (χ4n) is 4.07. The molecule has 0 fully saturated rings. The van der Waals surface area contributed by atoms with Gasteiger partial charge >= 0.3 is 0 Å². The SMILES string of the molecule is COc1ccc(C2CC(c3ccc(-c4ccccc4)cc3)=NN2c2ccccc2)cc1. The highest BCUT2D eigenvalue weighted by Crippen LogP contribution is 2.37. The molecule has 1 unspecified atom stereocenters. The summed E-state index contributed by atoms with van der Waals surface area (Å²) >= 11 is 0. The average Bonchev–Trinajstić information content (AvgIpc) is 3.31. The summed E-state index contributed by atoms with van der Waals surface area (Å²) in [6.07, 6.45) is 0.853. The van der Waals surface area contributed by atoms with Gasteiger partial charge in [-0.25, -0.2) is 0 Å². The van der Waals surface area contributed by atoms with Gasteiger partial charge in [0.1, 0.15) is 5.75 Å². The number of methoxy groups -OCH3 is 1. The molecule has 3 heteroatoms. The Morgan fingerprint density at radius 3 is 1.90 bits per heavy atom. The second-order valence-electron chi connectivity index (χ2n) is 7.66. The molecule has 0 amide bonds. The molecule has 31 heavy (non-hydrogen) atoms. The van der Waals surface area contributed by atoms with Crippen LogP contribution in [0.1, 0.15) is 23.6 Å². The Kier molecular flexibility index (Phi) is 5.24. The molecular formula is C28H24N2O. The number of nitrogens with zero attached hydrogens (tertiary/aromatic N) is 2. The van der Waals surface area contributed by atoms with Crippen LogP contribution in [0.4, 0.5) is 5.69 Å². The summed E-state index contributed by atoms with van der Waals surface area (Å²) in [5.74, 6) is 0.866. The van der Waals surface area contributed by atoms with E-state index in [0.29, 0.717) is 0 Å². The quantitative estimate of drug-likeness (QED) is 0.369. The van der Waals surface area contributed by atoms with E-state index in [1.807, 2.05) is 24.3 Å². The standard InChI is InChI=1S/C28H24N2O/c1-31-26-18-16-24(17-19-26)28-20-27(29-30(28)25-10-6-3-7-11-25)23-14-12-22(13-15-23)21-8-4-2-5-9-21/h2-19,28H,20H2,1H3. The van der Waals surface area contributed by atoms with Crippen molar-refractivity contribution in [3.8, 4) is 16.9 Å². The van der Waals surface area contributed by atoms with Crippen molar-refractivity contribution in [2.75, 3.05) is 12.1 Å². The van der Waals surface area contributed by atoms with Crippen LogP contribution in [0.2, 0.25) is 0 Å². The van der Waals surface area contributed by atoms with Gasteiger partial charge in [0.05, 0.1) is 24.6 Å². The molecule has 0 spiro atoms. The first-order valence-corrected chi connectivity index (χ1v) is 10.5. The van der Waals surface area contributed by atoms with Gasteiger partial charge in [-0.3, -0.25) is 5.01 Å². The Morgan fingerprint density at radius 1 is 0.677 bits per heavy atom. The van der Waals surface area contributed by atoms with Crippen molar-refractivity contribution in [3.05, 3.63) is 120 Å². The van der Waals surface area contributed by atoms with Crippen molar-refractivity contribution in [1.29, 1.82) is 0 Å². The lowest BCUT2D eigenvalue weighted by atomic mass is 9.96. The number of para-hydroxylation sites is 1. The van der Waals surface area contributed by atoms with Gasteiger partial charge in [0, 0.05) is 6.42 Å². The molecule has 1 aliphatic heterocycles. The summed E-state index contributed by atoms with van der Waals surface area (Å²) in [7, 11) is 1.70. The van der Waals surface area contributed by atoms with E-state index in [4.69, 9.17) is 9.84 Å². The van der Waals surface area contributed by atoms with Gasteiger partial charge in [0.25, 0.3) is 0 Å². The van der Waals surface area contributed by atoms with E-state index < -0.39 is 0 Å². The van der Waals surface area contributed by atoms with Gasteiger partial charge in [0.15, 0.2) is 0 Å². The van der Waals surface area contributed by atoms with Crippen molar-refractivity contribution >= 4 is 11.4 Å². The number of hydrogen-bond acceptors (Lipinski definition) is 3. The van der Waals surface area contributed by atoms with E-state index in [2.05, 4.69) is 89.9 Å². The number of benzene rings is 4.